The fourth-order valence-corrected chi connectivity index (χ4v) is 5.25. The van der Waals surface area contributed by atoms with Crippen molar-refractivity contribution >= 4 is 17.5 Å². The van der Waals surface area contributed by atoms with Crippen LogP contribution in [0.5, 0.6) is 0 Å². The molecule has 154 valence electrons. The first-order valence-corrected chi connectivity index (χ1v) is 11.2. The van der Waals surface area contributed by atoms with E-state index in [9.17, 15) is 9.90 Å². The first-order valence-electron chi connectivity index (χ1n) is 10.8. The van der Waals surface area contributed by atoms with Crippen LogP contribution in [0.25, 0.3) is 0 Å². The van der Waals surface area contributed by atoms with Gasteiger partial charge in [-0.2, -0.15) is 0 Å². The number of hydrogen-bond donors (Lipinski definition) is 1. The Morgan fingerprint density at radius 2 is 1.97 bits per heavy atom. The van der Waals surface area contributed by atoms with E-state index in [1.807, 2.05) is 24.3 Å². The van der Waals surface area contributed by atoms with E-state index in [1.165, 1.54) is 36.8 Å². The lowest BCUT2D eigenvalue weighted by Gasteiger charge is -2.18. The number of carbonyl (C=O) groups is 1. The number of β-amino-alcohol motifs (C(OH)–C–C–N with tert-alkyl or cyclic N) is 1. The number of rotatable bonds is 5. The van der Waals surface area contributed by atoms with E-state index in [0.29, 0.717) is 31.3 Å². The van der Waals surface area contributed by atoms with Crippen molar-refractivity contribution in [2.45, 2.75) is 57.0 Å². The minimum atomic E-state index is -0.372. The van der Waals surface area contributed by atoms with Crippen LogP contribution in [-0.2, 0) is 0 Å². The van der Waals surface area contributed by atoms with E-state index < -0.39 is 0 Å². The third-order valence-corrected chi connectivity index (χ3v) is 6.96. The zero-order valence-electron chi connectivity index (χ0n) is 17.1. The molecule has 2 fully saturated rings. The van der Waals surface area contributed by atoms with Gasteiger partial charge in [-0.25, -0.2) is 0 Å². The quantitative estimate of drug-likeness (QED) is 0.693. The predicted octanol–water partition coefficient (Wildman–Crippen LogP) is 5.62. The number of carbonyl (C=O) groups excluding carboxylic acids is 1. The highest BCUT2D eigenvalue weighted by Gasteiger charge is 2.28. The van der Waals surface area contributed by atoms with Gasteiger partial charge in [-0.05, 0) is 85.3 Å². The summed E-state index contributed by atoms with van der Waals surface area (Å²) < 4.78 is 0. The van der Waals surface area contributed by atoms with E-state index in [4.69, 9.17) is 11.6 Å². The van der Waals surface area contributed by atoms with Gasteiger partial charge in [-0.1, -0.05) is 42.8 Å². The van der Waals surface area contributed by atoms with E-state index in [1.54, 1.807) is 4.90 Å². The summed E-state index contributed by atoms with van der Waals surface area (Å²) in [5, 5.41) is 10.5. The molecule has 3 nitrogen and oxygen atoms in total. The molecule has 1 aliphatic heterocycles. The number of aliphatic hydroxyl groups is 1. The highest BCUT2D eigenvalue weighted by molar-refractivity contribution is 6.30. The van der Waals surface area contributed by atoms with E-state index in [0.717, 1.165) is 16.5 Å². The topological polar surface area (TPSA) is 40.5 Å². The first kappa shape index (κ1) is 20.4. The van der Waals surface area contributed by atoms with Crippen LogP contribution < -0.4 is 0 Å². The lowest BCUT2D eigenvalue weighted by Crippen LogP contribution is -2.29. The Bertz CT molecular complexity index is 850. The molecular weight excluding hydrogens is 382 g/mol. The molecule has 1 N–H and O–H groups in total. The van der Waals surface area contributed by atoms with Gasteiger partial charge in [0.2, 0.25) is 0 Å². The number of aliphatic hydroxyl groups excluding tert-OH is 1. The summed E-state index contributed by atoms with van der Waals surface area (Å²) in [6.07, 6.45) is 5.21. The standard InChI is InChI=1S/C25H30ClNO2/c1-17(21-3-2-4-23(26)15-21)13-18-5-6-22(14-18)19-7-9-20(10-8-19)25(29)27-12-11-24(28)16-27/h2-4,7-10,15,17-18,22,24,28H,5-6,11-14,16H2,1H3/t17-,18+,22+,24-/m0/s1. The summed E-state index contributed by atoms with van der Waals surface area (Å²) in [4.78, 5) is 14.3. The lowest BCUT2D eigenvalue weighted by molar-refractivity contribution is 0.0765. The van der Waals surface area contributed by atoms with Gasteiger partial charge in [-0.3, -0.25) is 4.79 Å². The largest absolute Gasteiger partial charge is 0.391 e. The van der Waals surface area contributed by atoms with Gasteiger partial charge >= 0.3 is 0 Å². The Morgan fingerprint density at radius 3 is 2.66 bits per heavy atom. The summed E-state index contributed by atoms with van der Waals surface area (Å²) in [5.74, 6) is 1.88. The highest BCUT2D eigenvalue weighted by Crippen LogP contribution is 2.42. The molecule has 4 atom stereocenters. The zero-order chi connectivity index (χ0) is 20.4. The number of benzene rings is 2. The molecule has 4 rings (SSSR count). The Balaban J connectivity index is 1.33. The molecule has 29 heavy (non-hydrogen) atoms. The molecule has 2 aromatic rings. The van der Waals surface area contributed by atoms with Gasteiger partial charge in [0.1, 0.15) is 0 Å². The van der Waals surface area contributed by atoms with Crippen molar-refractivity contribution in [3.8, 4) is 0 Å². The molecule has 0 radical (unpaired) electrons. The van der Waals surface area contributed by atoms with Gasteiger partial charge < -0.3 is 10.0 Å². The second-order valence-electron chi connectivity index (χ2n) is 8.88. The second-order valence-corrected chi connectivity index (χ2v) is 9.32. The van der Waals surface area contributed by atoms with Crippen molar-refractivity contribution in [2.75, 3.05) is 13.1 Å². The number of hydrogen-bond acceptors (Lipinski definition) is 2. The molecule has 2 aromatic carbocycles. The van der Waals surface area contributed by atoms with Gasteiger partial charge in [0, 0.05) is 23.7 Å². The molecule has 1 aliphatic carbocycles. The first-order chi connectivity index (χ1) is 14.0. The maximum absolute atomic E-state index is 12.6. The highest BCUT2D eigenvalue weighted by atomic mass is 35.5. The van der Waals surface area contributed by atoms with Crippen LogP contribution in [-0.4, -0.2) is 35.1 Å². The minimum Gasteiger partial charge on any atom is -0.391 e. The number of nitrogens with zero attached hydrogens (tertiary/aromatic N) is 1. The SMILES string of the molecule is C[C@@H](C[C@H]1CC[C@@H](c2ccc(C(=O)N3CC[C@H](O)C3)cc2)C1)c1cccc(Cl)c1. The van der Waals surface area contributed by atoms with Gasteiger partial charge in [0.05, 0.1) is 6.10 Å². The van der Waals surface area contributed by atoms with Crippen LogP contribution in [0.15, 0.2) is 48.5 Å². The smallest absolute Gasteiger partial charge is 0.253 e. The van der Waals surface area contributed by atoms with Crippen LogP contribution in [0, 0.1) is 5.92 Å². The maximum Gasteiger partial charge on any atom is 0.253 e. The third kappa shape index (κ3) is 4.84. The second kappa shape index (κ2) is 8.89. The van der Waals surface area contributed by atoms with Crippen LogP contribution in [0.2, 0.25) is 5.02 Å². The average Bonchev–Trinajstić information content (AvgIpc) is 3.37. The molecule has 1 amide bonds. The fourth-order valence-electron chi connectivity index (χ4n) is 5.05. The van der Waals surface area contributed by atoms with E-state index in [2.05, 4.69) is 31.2 Å². The lowest BCUT2D eigenvalue weighted by atomic mass is 9.88. The molecule has 1 heterocycles. The Hall–Kier alpha value is -1.84. The van der Waals surface area contributed by atoms with Crippen LogP contribution in [0.3, 0.4) is 0 Å². The summed E-state index contributed by atoms with van der Waals surface area (Å²) in [6, 6.07) is 16.4. The van der Waals surface area contributed by atoms with Crippen LogP contribution in [0.4, 0.5) is 0 Å². The normalized spacial score (nSPS) is 25.3. The maximum atomic E-state index is 12.6. The molecule has 0 spiro atoms. The number of likely N-dealkylation sites (tertiary alicyclic amines) is 1. The summed E-state index contributed by atoms with van der Waals surface area (Å²) in [5.41, 5.74) is 3.41. The van der Waals surface area contributed by atoms with Crippen LogP contribution in [0.1, 0.15) is 72.3 Å². The minimum absolute atomic E-state index is 0.0349. The summed E-state index contributed by atoms with van der Waals surface area (Å²) in [7, 11) is 0. The summed E-state index contributed by atoms with van der Waals surface area (Å²) >= 11 is 6.15. The average molecular weight is 412 g/mol. The van der Waals surface area contributed by atoms with Crippen molar-refractivity contribution in [2.24, 2.45) is 5.92 Å². The number of halogens is 1. The fraction of sp³-hybridized carbons (Fsp3) is 0.480. The van der Waals surface area contributed by atoms with Crippen molar-refractivity contribution in [3.05, 3.63) is 70.2 Å². The van der Waals surface area contributed by atoms with Crippen molar-refractivity contribution in [3.63, 3.8) is 0 Å². The Morgan fingerprint density at radius 1 is 1.17 bits per heavy atom. The van der Waals surface area contributed by atoms with Crippen molar-refractivity contribution in [1.29, 1.82) is 0 Å². The predicted molar refractivity (Wildman–Crippen MR) is 118 cm³/mol. The van der Waals surface area contributed by atoms with Gasteiger partial charge in [0.15, 0.2) is 0 Å². The molecule has 1 saturated carbocycles. The molecule has 2 aliphatic rings. The molecule has 0 unspecified atom stereocenters. The monoisotopic (exact) mass is 411 g/mol. The van der Waals surface area contributed by atoms with Crippen molar-refractivity contribution < 1.29 is 9.90 Å². The van der Waals surface area contributed by atoms with Crippen LogP contribution >= 0.6 is 11.6 Å². The molecular formula is C25H30ClNO2. The molecule has 0 aromatic heterocycles. The van der Waals surface area contributed by atoms with Gasteiger partial charge in [-0.15, -0.1) is 0 Å². The van der Waals surface area contributed by atoms with E-state index >= 15 is 0 Å². The molecule has 4 heteroatoms. The zero-order valence-corrected chi connectivity index (χ0v) is 17.8. The third-order valence-electron chi connectivity index (χ3n) is 6.73. The number of amides is 1. The van der Waals surface area contributed by atoms with Crippen molar-refractivity contribution in [1.82, 2.24) is 4.90 Å². The Kier molecular flexibility index (Phi) is 6.26. The summed E-state index contributed by atoms with van der Waals surface area (Å²) in [6.45, 7) is 3.40. The molecule has 1 saturated heterocycles. The Labute approximate surface area is 178 Å². The molecule has 0 bridgehead atoms. The van der Waals surface area contributed by atoms with Gasteiger partial charge in [0.25, 0.3) is 5.91 Å². The van der Waals surface area contributed by atoms with E-state index in [-0.39, 0.29) is 12.0 Å².